The molecule has 0 aliphatic heterocycles. The Morgan fingerprint density at radius 1 is 1.00 bits per heavy atom. The number of benzene rings is 2. The summed E-state index contributed by atoms with van der Waals surface area (Å²) in [6.45, 7) is 0.177. The number of hydrogen-bond acceptors (Lipinski definition) is 3. The number of rotatable bonds is 4. The number of halogens is 3. The molecule has 2 rings (SSSR count). The lowest BCUT2D eigenvalue weighted by atomic mass is 10.2. The molecule has 0 saturated heterocycles. The van der Waals surface area contributed by atoms with Crippen LogP contribution in [0, 0.1) is 0 Å². The van der Waals surface area contributed by atoms with E-state index in [-0.39, 0.29) is 21.5 Å². The van der Waals surface area contributed by atoms with Gasteiger partial charge in [-0.2, -0.15) is 0 Å². The van der Waals surface area contributed by atoms with Crippen molar-refractivity contribution in [2.24, 2.45) is 5.73 Å². The van der Waals surface area contributed by atoms with E-state index in [0.717, 1.165) is 0 Å². The molecule has 2 aromatic carbocycles. The number of nitrogens with one attached hydrogen (secondary N) is 1. The van der Waals surface area contributed by atoms with E-state index in [4.69, 9.17) is 40.5 Å². The summed E-state index contributed by atoms with van der Waals surface area (Å²) in [4.78, 5) is -0.000142. The highest BCUT2D eigenvalue weighted by molar-refractivity contribution is 7.92. The highest BCUT2D eigenvalue weighted by atomic mass is 35.5. The summed E-state index contributed by atoms with van der Waals surface area (Å²) in [6, 6.07) is 8.86. The van der Waals surface area contributed by atoms with Gasteiger partial charge in [0, 0.05) is 11.6 Å². The predicted molar refractivity (Wildman–Crippen MR) is 86.6 cm³/mol. The number of sulfonamides is 1. The molecule has 0 saturated carbocycles. The molecule has 0 atom stereocenters. The van der Waals surface area contributed by atoms with Crippen molar-refractivity contribution in [3.05, 3.63) is 57.0 Å². The molecule has 112 valence electrons. The first kappa shape index (κ1) is 16.4. The van der Waals surface area contributed by atoms with Crippen LogP contribution in [-0.4, -0.2) is 8.42 Å². The maximum atomic E-state index is 12.3. The lowest BCUT2D eigenvalue weighted by Crippen LogP contribution is -2.15. The third-order valence-corrected chi connectivity index (χ3v) is 5.07. The summed E-state index contributed by atoms with van der Waals surface area (Å²) < 4.78 is 27.1. The zero-order valence-corrected chi connectivity index (χ0v) is 13.7. The summed E-state index contributed by atoms with van der Waals surface area (Å²) >= 11 is 17.5. The topological polar surface area (TPSA) is 72.2 Å². The Kier molecular flexibility index (Phi) is 5.01. The van der Waals surface area contributed by atoms with Gasteiger partial charge in [-0.25, -0.2) is 8.42 Å². The molecule has 0 unspecified atom stereocenters. The molecule has 0 amide bonds. The van der Waals surface area contributed by atoms with E-state index in [0.29, 0.717) is 16.3 Å². The first-order chi connectivity index (χ1) is 9.83. The van der Waals surface area contributed by atoms with Crippen molar-refractivity contribution < 1.29 is 8.42 Å². The molecule has 0 bridgehead atoms. The second-order valence-corrected chi connectivity index (χ2v) is 7.12. The molecule has 0 aromatic heterocycles. The van der Waals surface area contributed by atoms with Gasteiger partial charge in [0.1, 0.15) is 0 Å². The minimum absolute atomic E-state index is 0.000142. The first-order valence-corrected chi connectivity index (χ1v) is 8.41. The van der Waals surface area contributed by atoms with Crippen LogP contribution < -0.4 is 10.5 Å². The smallest absolute Gasteiger partial charge is 0.261 e. The van der Waals surface area contributed by atoms with E-state index in [1.807, 2.05) is 0 Å². The van der Waals surface area contributed by atoms with Crippen LogP contribution in [0.4, 0.5) is 5.69 Å². The molecular weight excluding hydrogens is 355 g/mol. The lowest BCUT2D eigenvalue weighted by Gasteiger charge is -2.12. The fraction of sp³-hybridized carbons (Fsp3) is 0.0769. The minimum Gasteiger partial charge on any atom is -0.326 e. The molecule has 8 heteroatoms. The summed E-state index contributed by atoms with van der Waals surface area (Å²) in [5.74, 6) is 0. The fourth-order valence-corrected chi connectivity index (χ4v) is 3.32. The van der Waals surface area contributed by atoms with Crippen LogP contribution >= 0.6 is 34.8 Å². The van der Waals surface area contributed by atoms with Crippen LogP contribution in [0.1, 0.15) is 5.56 Å². The van der Waals surface area contributed by atoms with Crippen LogP contribution in [0.15, 0.2) is 41.3 Å². The van der Waals surface area contributed by atoms with E-state index >= 15 is 0 Å². The van der Waals surface area contributed by atoms with Crippen molar-refractivity contribution >= 4 is 50.5 Å². The summed E-state index contributed by atoms with van der Waals surface area (Å²) in [7, 11) is -3.81. The summed E-state index contributed by atoms with van der Waals surface area (Å²) in [6.07, 6.45) is 0. The molecule has 3 N–H and O–H groups in total. The molecule has 4 nitrogen and oxygen atoms in total. The Morgan fingerprint density at radius 3 is 2.33 bits per heavy atom. The lowest BCUT2D eigenvalue weighted by molar-refractivity contribution is 0.601. The van der Waals surface area contributed by atoms with Gasteiger partial charge in [0.25, 0.3) is 10.0 Å². The second kappa shape index (κ2) is 6.42. The fourth-order valence-electron chi connectivity index (χ4n) is 1.67. The second-order valence-electron chi connectivity index (χ2n) is 4.19. The predicted octanol–water partition coefficient (Wildman–Crippen LogP) is 3.91. The highest BCUT2D eigenvalue weighted by Gasteiger charge is 2.17. The van der Waals surface area contributed by atoms with Crippen molar-refractivity contribution in [3.63, 3.8) is 0 Å². The average molecular weight is 366 g/mol. The summed E-state index contributed by atoms with van der Waals surface area (Å²) in [5, 5.41) is 0.838. The monoisotopic (exact) mass is 364 g/mol. The first-order valence-electron chi connectivity index (χ1n) is 5.80. The van der Waals surface area contributed by atoms with Crippen LogP contribution in [0.25, 0.3) is 0 Å². The van der Waals surface area contributed by atoms with E-state index in [1.165, 1.54) is 24.3 Å². The van der Waals surface area contributed by atoms with Gasteiger partial charge in [-0.05, 0) is 35.9 Å². The standard InChI is InChI=1S/C13H11Cl3N2O2S/c14-9-2-1-8(7-17)13(5-9)18-21(19,20)10-3-4-11(15)12(16)6-10/h1-6,18H,7,17H2. The van der Waals surface area contributed by atoms with Crippen molar-refractivity contribution in [3.8, 4) is 0 Å². The zero-order valence-electron chi connectivity index (χ0n) is 10.6. The van der Waals surface area contributed by atoms with Crippen LogP contribution in [-0.2, 0) is 16.6 Å². The van der Waals surface area contributed by atoms with Crippen molar-refractivity contribution in [1.82, 2.24) is 0 Å². The van der Waals surface area contributed by atoms with Gasteiger partial charge in [-0.15, -0.1) is 0 Å². The quantitative estimate of drug-likeness (QED) is 0.863. The van der Waals surface area contributed by atoms with Crippen molar-refractivity contribution in [2.45, 2.75) is 11.4 Å². The van der Waals surface area contributed by atoms with Gasteiger partial charge in [0.2, 0.25) is 0 Å². The number of hydrogen-bond donors (Lipinski definition) is 2. The Hall–Kier alpha value is -0.980. The third kappa shape index (κ3) is 3.81. The van der Waals surface area contributed by atoms with E-state index in [2.05, 4.69) is 4.72 Å². The SMILES string of the molecule is NCc1ccc(Cl)cc1NS(=O)(=O)c1ccc(Cl)c(Cl)c1. The Balaban J connectivity index is 2.41. The van der Waals surface area contributed by atoms with E-state index in [1.54, 1.807) is 12.1 Å². The Morgan fingerprint density at radius 2 is 1.71 bits per heavy atom. The largest absolute Gasteiger partial charge is 0.326 e. The third-order valence-electron chi connectivity index (χ3n) is 2.74. The molecule has 21 heavy (non-hydrogen) atoms. The molecule has 0 spiro atoms. The van der Waals surface area contributed by atoms with Crippen LogP contribution in [0.2, 0.25) is 15.1 Å². The zero-order chi connectivity index (χ0) is 15.6. The number of nitrogens with two attached hydrogens (primary N) is 1. The van der Waals surface area contributed by atoms with Crippen LogP contribution in [0.5, 0.6) is 0 Å². The van der Waals surface area contributed by atoms with Crippen LogP contribution in [0.3, 0.4) is 0 Å². The molecule has 0 aliphatic rings. The van der Waals surface area contributed by atoms with Gasteiger partial charge >= 0.3 is 0 Å². The average Bonchev–Trinajstić information content (AvgIpc) is 2.41. The van der Waals surface area contributed by atoms with Gasteiger partial charge < -0.3 is 5.73 Å². The molecule has 0 radical (unpaired) electrons. The molecule has 0 heterocycles. The molecular formula is C13H11Cl3N2O2S. The van der Waals surface area contributed by atoms with Gasteiger partial charge in [0.05, 0.1) is 20.6 Å². The van der Waals surface area contributed by atoms with Crippen molar-refractivity contribution in [2.75, 3.05) is 4.72 Å². The molecule has 0 aliphatic carbocycles. The Bertz CT molecular complexity index is 779. The maximum Gasteiger partial charge on any atom is 0.261 e. The van der Waals surface area contributed by atoms with Gasteiger partial charge in [0.15, 0.2) is 0 Å². The van der Waals surface area contributed by atoms with Gasteiger partial charge in [-0.3, -0.25) is 4.72 Å². The van der Waals surface area contributed by atoms with E-state index < -0.39 is 10.0 Å². The highest BCUT2D eigenvalue weighted by Crippen LogP contribution is 2.27. The van der Waals surface area contributed by atoms with Crippen molar-refractivity contribution in [1.29, 1.82) is 0 Å². The molecule has 0 fully saturated rings. The van der Waals surface area contributed by atoms with Gasteiger partial charge in [-0.1, -0.05) is 40.9 Å². The normalized spacial score (nSPS) is 11.4. The Labute approximate surface area is 137 Å². The minimum atomic E-state index is -3.81. The molecule has 2 aromatic rings. The summed E-state index contributed by atoms with van der Waals surface area (Å²) in [5.41, 5.74) is 6.54. The van der Waals surface area contributed by atoms with E-state index in [9.17, 15) is 8.42 Å². The maximum absolute atomic E-state index is 12.3. The number of anilines is 1.